The standard InChI is InChI=1S/C25H34O6/c1-15-10-11-16-13-25(21(27)30-23(2,3)4,22(28)31-24(5,6)7)14-17(26)20(16)19(15)18-9-8-12-29-18/h8-12,15-16,19-20H,13-14H2,1-7H3/t15-,16-,19-,20-/m1/s1. The predicted octanol–water partition coefficient (Wildman–Crippen LogP) is 4.83. The maximum absolute atomic E-state index is 13.5. The second-order valence-electron chi connectivity index (χ2n) is 10.9. The fourth-order valence-corrected chi connectivity index (χ4v) is 4.74. The molecule has 6 heteroatoms. The van der Waals surface area contributed by atoms with Crippen LogP contribution in [0.1, 0.15) is 73.0 Å². The van der Waals surface area contributed by atoms with Crippen LogP contribution in [0.15, 0.2) is 35.0 Å². The number of hydrogen-bond acceptors (Lipinski definition) is 6. The van der Waals surface area contributed by atoms with Gasteiger partial charge in [-0.15, -0.1) is 0 Å². The average Bonchev–Trinajstić information content (AvgIpc) is 3.13. The van der Waals surface area contributed by atoms with Gasteiger partial charge in [0.1, 0.15) is 22.7 Å². The van der Waals surface area contributed by atoms with Crippen molar-refractivity contribution in [3.63, 3.8) is 0 Å². The Balaban J connectivity index is 2.01. The molecule has 0 saturated heterocycles. The number of furan rings is 1. The molecule has 0 spiro atoms. The zero-order valence-electron chi connectivity index (χ0n) is 19.6. The van der Waals surface area contributed by atoms with E-state index in [2.05, 4.69) is 6.92 Å². The molecule has 2 aliphatic rings. The number of fused-ring (bicyclic) bond motifs is 1. The third kappa shape index (κ3) is 4.78. The molecule has 0 unspecified atom stereocenters. The largest absolute Gasteiger partial charge is 0.469 e. The van der Waals surface area contributed by atoms with Crippen molar-refractivity contribution in [3.05, 3.63) is 36.3 Å². The second kappa shape index (κ2) is 7.95. The molecule has 0 bridgehead atoms. The first-order valence-corrected chi connectivity index (χ1v) is 10.9. The Morgan fingerprint density at radius 2 is 1.58 bits per heavy atom. The number of esters is 2. The highest BCUT2D eigenvalue weighted by molar-refractivity contribution is 6.05. The Kier molecular flexibility index (Phi) is 5.98. The quantitative estimate of drug-likeness (QED) is 0.388. The van der Waals surface area contributed by atoms with Gasteiger partial charge in [-0.2, -0.15) is 0 Å². The van der Waals surface area contributed by atoms with Crippen LogP contribution in [-0.2, 0) is 23.9 Å². The molecule has 31 heavy (non-hydrogen) atoms. The lowest BCUT2D eigenvalue weighted by Crippen LogP contribution is -2.54. The molecule has 170 valence electrons. The third-order valence-corrected chi connectivity index (χ3v) is 5.96. The molecular formula is C25H34O6. The van der Waals surface area contributed by atoms with E-state index in [4.69, 9.17) is 13.9 Å². The number of rotatable bonds is 3. The van der Waals surface area contributed by atoms with Gasteiger partial charge < -0.3 is 13.9 Å². The number of carbonyl (C=O) groups is 3. The van der Waals surface area contributed by atoms with Crippen molar-refractivity contribution in [2.75, 3.05) is 0 Å². The third-order valence-electron chi connectivity index (χ3n) is 5.96. The van der Waals surface area contributed by atoms with Crippen LogP contribution in [0.4, 0.5) is 0 Å². The highest BCUT2D eigenvalue weighted by Gasteiger charge is 2.60. The molecule has 1 aromatic heterocycles. The monoisotopic (exact) mass is 430 g/mol. The van der Waals surface area contributed by atoms with Gasteiger partial charge in [-0.05, 0) is 71.9 Å². The van der Waals surface area contributed by atoms with Gasteiger partial charge in [0.05, 0.1) is 6.26 Å². The smallest absolute Gasteiger partial charge is 0.324 e. The van der Waals surface area contributed by atoms with E-state index in [0.717, 1.165) is 5.76 Å². The Hall–Kier alpha value is -2.37. The fraction of sp³-hybridized carbons (Fsp3) is 0.640. The van der Waals surface area contributed by atoms with Crippen LogP contribution in [0.2, 0.25) is 0 Å². The minimum absolute atomic E-state index is 0.104. The number of allylic oxidation sites excluding steroid dienone is 2. The summed E-state index contributed by atoms with van der Waals surface area (Å²) in [6, 6.07) is 3.70. The molecule has 3 rings (SSSR count). The molecule has 1 aromatic rings. The molecule has 1 fully saturated rings. The minimum atomic E-state index is -1.66. The SMILES string of the molecule is C[C@@H]1C=C[C@@H]2CC(C(=O)OC(C)(C)C)(C(=O)OC(C)(C)C)CC(=O)[C@@H]2[C@H]1c1ccco1. The van der Waals surface area contributed by atoms with E-state index in [0.29, 0.717) is 0 Å². The van der Waals surface area contributed by atoms with E-state index < -0.39 is 28.6 Å². The van der Waals surface area contributed by atoms with E-state index in [1.807, 2.05) is 24.3 Å². The fourth-order valence-electron chi connectivity index (χ4n) is 4.74. The summed E-state index contributed by atoms with van der Waals surface area (Å²) in [5.74, 6) is -1.44. The van der Waals surface area contributed by atoms with Crippen LogP contribution in [0.5, 0.6) is 0 Å². The Morgan fingerprint density at radius 3 is 2.06 bits per heavy atom. The average molecular weight is 431 g/mol. The normalized spacial score (nSPS) is 28.0. The summed E-state index contributed by atoms with van der Waals surface area (Å²) in [5.41, 5.74) is -3.24. The lowest BCUT2D eigenvalue weighted by atomic mass is 9.57. The summed E-state index contributed by atoms with van der Waals surface area (Å²) in [6.45, 7) is 12.5. The van der Waals surface area contributed by atoms with Gasteiger partial charge in [-0.3, -0.25) is 14.4 Å². The molecule has 2 aliphatic carbocycles. The van der Waals surface area contributed by atoms with Crippen molar-refractivity contribution in [1.29, 1.82) is 0 Å². The van der Waals surface area contributed by atoms with E-state index >= 15 is 0 Å². The van der Waals surface area contributed by atoms with Crippen LogP contribution < -0.4 is 0 Å². The van der Waals surface area contributed by atoms with Crippen LogP contribution in [0.25, 0.3) is 0 Å². The van der Waals surface area contributed by atoms with Gasteiger partial charge in [0.25, 0.3) is 0 Å². The topological polar surface area (TPSA) is 82.8 Å². The lowest BCUT2D eigenvalue weighted by Gasteiger charge is -2.45. The second-order valence-corrected chi connectivity index (χ2v) is 10.9. The molecular weight excluding hydrogens is 396 g/mol. The van der Waals surface area contributed by atoms with Gasteiger partial charge in [0.15, 0.2) is 5.41 Å². The summed E-state index contributed by atoms with van der Waals surface area (Å²) < 4.78 is 16.9. The van der Waals surface area contributed by atoms with Gasteiger partial charge in [0.2, 0.25) is 0 Å². The minimum Gasteiger partial charge on any atom is -0.469 e. The molecule has 0 amide bonds. The molecule has 4 atom stereocenters. The van der Waals surface area contributed by atoms with Crippen LogP contribution in [-0.4, -0.2) is 28.9 Å². The number of hydrogen-bond donors (Lipinski definition) is 0. The zero-order valence-corrected chi connectivity index (χ0v) is 19.6. The molecule has 1 saturated carbocycles. The number of ketones is 1. The van der Waals surface area contributed by atoms with Gasteiger partial charge in [-0.1, -0.05) is 19.1 Å². The summed E-state index contributed by atoms with van der Waals surface area (Å²) in [4.78, 5) is 40.2. The van der Waals surface area contributed by atoms with Gasteiger partial charge in [-0.25, -0.2) is 0 Å². The van der Waals surface area contributed by atoms with Crippen molar-refractivity contribution < 1.29 is 28.3 Å². The van der Waals surface area contributed by atoms with Crippen molar-refractivity contribution >= 4 is 17.7 Å². The van der Waals surface area contributed by atoms with Crippen molar-refractivity contribution in [2.45, 2.75) is 78.4 Å². The maximum Gasteiger partial charge on any atom is 0.324 e. The Bertz CT molecular complexity index is 837. The van der Waals surface area contributed by atoms with E-state index in [1.165, 1.54) is 0 Å². The zero-order chi connectivity index (χ0) is 23.2. The highest BCUT2D eigenvalue weighted by atomic mass is 16.6. The summed E-state index contributed by atoms with van der Waals surface area (Å²) in [6.07, 6.45) is 5.56. The van der Waals surface area contributed by atoms with Crippen molar-refractivity contribution in [3.8, 4) is 0 Å². The van der Waals surface area contributed by atoms with Crippen molar-refractivity contribution in [1.82, 2.24) is 0 Å². The first-order chi connectivity index (χ1) is 14.2. The predicted molar refractivity (Wildman–Crippen MR) is 115 cm³/mol. The van der Waals surface area contributed by atoms with E-state index in [-0.39, 0.29) is 42.3 Å². The summed E-state index contributed by atoms with van der Waals surface area (Å²) in [7, 11) is 0. The first kappa shape index (κ1) is 23.3. The Labute approximate surface area is 184 Å². The lowest BCUT2D eigenvalue weighted by molar-refractivity contribution is -0.191. The molecule has 0 aromatic carbocycles. The van der Waals surface area contributed by atoms with E-state index in [1.54, 1.807) is 47.8 Å². The summed E-state index contributed by atoms with van der Waals surface area (Å²) >= 11 is 0. The van der Waals surface area contributed by atoms with E-state index in [9.17, 15) is 14.4 Å². The van der Waals surface area contributed by atoms with Crippen molar-refractivity contribution in [2.24, 2.45) is 23.2 Å². The van der Waals surface area contributed by atoms with Gasteiger partial charge >= 0.3 is 11.9 Å². The van der Waals surface area contributed by atoms with Gasteiger partial charge in [0, 0.05) is 18.3 Å². The molecule has 0 aliphatic heterocycles. The Morgan fingerprint density at radius 1 is 1.00 bits per heavy atom. The molecule has 0 N–H and O–H groups in total. The summed E-state index contributed by atoms with van der Waals surface area (Å²) in [5, 5.41) is 0. The number of ether oxygens (including phenoxy) is 2. The molecule has 1 heterocycles. The molecule has 6 nitrogen and oxygen atoms in total. The highest BCUT2D eigenvalue weighted by Crippen LogP contribution is 2.52. The van der Waals surface area contributed by atoms with Crippen LogP contribution in [0.3, 0.4) is 0 Å². The molecule has 0 radical (unpaired) electrons. The maximum atomic E-state index is 13.5. The first-order valence-electron chi connectivity index (χ1n) is 10.9. The van der Waals surface area contributed by atoms with Crippen LogP contribution in [0, 0.1) is 23.2 Å². The number of Topliss-reactive ketones (excluding diaryl/α,β-unsaturated/α-hetero) is 1. The number of carbonyl (C=O) groups excluding carboxylic acids is 3. The van der Waals surface area contributed by atoms with Crippen LogP contribution >= 0.6 is 0 Å².